The molecule has 27 heavy (non-hydrogen) atoms. The topological polar surface area (TPSA) is 48.5 Å². The Balaban J connectivity index is 1.67. The molecule has 0 aromatic heterocycles. The van der Waals surface area contributed by atoms with Gasteiger partial charge in [-0.3, -0.25) is 14.7 Å². The van der Waals surface area contributed by atoms with E-state index in [-0.39, 0.29) is 12.3 Å². The Morgan fingerprint density at radius 2 is 1.81 bits per heavy atom. The third-order valence-corrected chi connectivity index (χ3v) is 5.42. The first kappa shape index (κ1) is 19.9. The lowest BCUT2D eigenvalue weighted by atomic mass is 10.2. The van der Waals surface area contributed by atoms with Gasteiger partial charge in [0.2, 0.25) is 0 Å². The number of hydrogen-bond donors (Lipinski definition) is 0. The van der Waals surface area contributed by atoms with Crippen LogP contribution in [0, 0.1) is 0 Å². The van der Waals surface area contributed by atoms with Gasteiger partial charge in [-0.2, -0.15) is 0 Å². The molecule has 150 valence electrons. The molecule has 0 N–H and O–H groups in total. The molecule has 2 heterocycles. The van der Waals surface area contributed by atoms with Crippen molar-refractivity contribution >= 4 is 11.8 Å². The van der Waals surface area contributed by atoms with Crippen molar-refractivity contribution < 1.29 is 14.3 Å². The van der Waals surface area contributed by atoms with E-state index in [2.05, 4.69) is 39.0 Å². The van der Waals surface area contributed by atoms with Crippen molar-refractivity contribution in [3.05, 3.63) is 30.3 Å². The van der Waals surface area contributed by atoms with E-state index in [9.17, 15) is 4.79 Å². The van der Waals surface area contributed by atoms with Gasteiger partial charge in [0.15, 0.2) is 0 Å². The highest BCUT2D eigenvalue weighted by atomic mass is 16.6. The lowest BCUT2D eigenvalue weighted by Crippen LogP contribution is -2.65. The number of nitrogens with zero attached hydrogens (tertiary/aromatic N) is 4. The van der Waals surface area contributed by atoms with Crippen LogP contribution in [0.5, 0.6) is 0 Å². The molecule has 1 aromatic carbocycles. The standard InChI is InChI=1S/C20H32N4O3/c1-3-27-20(25)24-14-13-23(18-7-5-4-6-8-18)17-19(24)22-11-9-21(10-12-22)15-16-26-2/h4-8,19H,3,9-17H2,1-2H3. The average molecular weight is 377 g/mol. The fourth-order valence-corrected chi connectivity index (χ4v) is 3.88. The van der Waals surface area contributed by atoms with Gasteiger partial charge >= 0.3 is 6.09 Å². The molecule has 0 spiro atoms. The molecule has 0 bridgehead atoms. The molecule has 2 saturated heterocycles. The normalized spacial score (nSPS) is 22.1. The average Bonchev–Trinajstić information content (AvgIpc) is 2.73. The zero-order chi connectivity index (χ0) is 19.1. The van der Waals surface area contributed by atoms with E-state index in [0.717, 1.165) is 52.4 Å². The number of anilines is 1. The predicted molar refractivity (Wildman–Crippen MR) is 106 cm³/mol. The van der Waals surface area contributed by atoms with Crippen LogP contribution in [0.4, 0.5) is 10.5 Å². The summed E-state index contributed by atoms with van der Waals surface area (Å²) in [5.41, 5.74) is 1.21. The molecular weight excluding hydrogens is 344 g/mol. The number of rotatable bonds is 6. The second-order valence-electron chi connectivity index (χ2n) is 7.02. The number of ether oxygens (including phenoxy) is 2. The van der Waals surface area contributed by atoms with Crippen molar-refractivity contribution in [2.24, 2.45) is 0 Å². The van der Waals surface area contributed by atoms with Crippen molar-refractivity contribution in [2.45, 2.75) is 13.1 Å². The van der Waals surface area contributed by atoms with Gasteiger partial charge in [0.1, 0.15) is 6.17 Å². The van der Waals surface area contributed by atoms with Crippen molar-refractivity contribution in [3.63, 3.8) is 0 Å². The summed E-state index contributed by atoms with van der Waals surface area (Å²) in [5.74, 6) is 0. The molecule has 0 radical (unpaired) electrons. The van der Waals surface area contributed by atoms with Gasteiger partial charge in [-0.1, -0.05) is 18.2 Å². The summed E-state index contributed by atoms with van der Waals surface area (Å²) in [5, 5.41) is 0. The highest BCUT2D eigenvalue weighted by Crippen LogP contribution is 2.22. The molecule has 1 atom stereocenters. The molecule has 1 amide bonds. The third kappa shape index (κ3) is 5.12. The second-order valence-corrected chi connectivity index (χ2v) is 7.02. The summed E-state index contributed by atoms with van der Waals surface area (Å²) in [7, 11) is 1.74. The van der Waals surface area contributed by atoms with Gasteiger partial charge in [0.25, 0.3) is 0 Å². The van der Waals surface area contributed by atoms with Crippen LogP contribution in [0.3, 0.4) is 0 Å². The highest BCUT2D eigenvalue weighted by Gasteiger charge is 2.36. The van der Waals surface area contributed by atoms with Gasteiger partial charge in [-0.15, -0.1) is 0 Å². The van der Waals surface area contributed by atoms with Crippen LogP contribution in [-0.4, -0.2) is 99.6 Å². The van der Waals surface area contributed by atoms with Crippen LogP contribution in [0.15, 0.2) is 30.3 Å². The number of hydrogen-bond acceptors (Lipinski definition) is 6. The highest BCUT2D eigenvalue weighted by molar-refractivity contribution is 5.68. The molecule has 1 aromatic rings. The van der Waals surface area contributed by atoms with E-state index >= 15 is 0 Å². The Labute approximate surface area is 162 Å². The summed E-state index contributed by atoms with van der Waals surface area (Å²) < 4.78 is 10.5. The second kappa shape index (κ2) is 9.92. The molecule has 2 aliphatic rings. The first-order chi connectivity index (χ1) is 13.2. The monoisotopic (exact) mass is 376 g/mol. The van der Waals surface area contributed by atoms with Gasteiger partial charge in [0.05, 0.1) is 19.8 Å². The van der Waals surface area contributed by atoms with Gasteiger partial charge < -0.3 is 14.4 Å². The molecule has 0 saturated carbocycles. The Morgan fingerprint density at radius 1 is 1.07 bits per heavy atom. The number of para-hydroxylation sites is 1. The van der Waals surface area contributed by atoms with Gasteiger partial charge in [-0.25, -0.2) is 4.79 Å². The zero-order valence-electron chi connectivity index (χ0n) is 16.5. The summed E-state index contributed by atoms with van der Waals surface area (Å²) in [6.07, 6.45) is -0.153. The minimum Gasteiger partial charge on any atom is -0.450 e. The number of benzene rings is 1. The summed E-state index contributed by atoms with van der Waals surface area (Å²) in [6, 6.07) is 10.4. The van der Waals surface area contributed by atoms with Crippen molar-refractivity contribution in [1.29, 1.82) is 0 Å². The van der Waals surface area contributed by atoms with Crippen LogP contribution in [0.25, 0.3) is 0 Å². The first-order valence-electron chi connectivity index (χ1n) is 9.91. The molecule has 2 fully saturated rings. The molecular formula is C20H32N4O3. The summed E-state index contributed by atoms with van der Waals surface area (Å²) in [6.45, 7) is 10.2. The third-order valence-electron chi connectivity index (χ3n) is 5.42. The van der Waals surface area contributed by atoms with Crippen LogP contribution in [-0.2, 0) is 9.47 Å². The maximum absolute atomic E-state index is 12.5. The Hall–Kier alpha value is -1.83. The van der Waals surface area contributed by atoms with Crippen LogP contribution < -0.4 is 4.90 Å². The Kier molecular flexibility index (Phi) is 7.32. The quantitative estimate of drug-likeness (QED) is 0.751. The number of carbonyl (C=O) groups is 1. The van der Waals surface area contributed by atoms with E-state index < -0.39 is 0 Å². The molecule has 0 aliphatic carbocycles. The molecule has 2 aliphatic heterocycles. The number of amides is 1. The molecule has 1 unspecified atom stereocenters. The maximum Gasteiger partial charge on any atom is 0.411 e. The van der Waals surface area contributed by atoms with Gasteiger partial charge in [0, 0.05) is 58.6 Å². The van der Waals surface area contributed by atoms with E-state index in [1.807, 2.05) is 17.9 Å². The fraction of sp³-hybridized carbons (Fsp3) is 0.650. The van der Waals surface area contributed by atoms with Crippen LogP contribution in [0.2, 0.25) is 0 Å². The van der Waals surface area contributed by atoms with Crippen LogP contribution in [0.1, 0.15) is 6.92 Å². The van der Waals surface area contributed by atoms with Crippen molar-refractivity contribution in [1.82, 2.24) is 14.7 Å². The lowest BCUT2D eigenvalue weighted by Gasteiger charge is -2.48. The fourth-order valence-electron chi connectivity index (χ4n) is 3.88. The zero-order valence-corrected chi connectivity index (χ0v) is 16.5. The van der Waals surface area contributed by atoms with E-state index in [1.165, 1.54) is 5.69 Å². The van der Waals surface area contributed by atoms with Crippen molar-refractivity contribution in [2.75, 3.05) is 77.6 Å². The minimum absolute atomic E-state index is 0.0441. The Morgan fingerprint density at radius 3 is 2.48 bits per heavy atom. The molecule has 7 heteroatoms. The number of piperazine rings is 2. The Bertz CT molecular complexity index is 578. The smallest absolute Gasteiger partial charge is 0.411 e. The van der Waals surface area contributed by atoms with Gasteiger partial charge in [-0.05, 0) is 19.1 Å². The van der Waals surface area contributed by atoms with E-state index in [0.29, 0.717) is 13.2 Å². The summed E-state index contributed by atoms with van der Waals surface area (Å²) in [4.78, 5) is 21.7. The SMILES string of the molecule is CCOC(=O)N1CCN(c2ccccc2)CC1N1CCN(CCOC)CC1. The number of methoxy groups -OCH3 is 1. The minimum atomic E-state index is -0.197. The lowest BCUT2D eigenvalue weighted by molar-refractivity contribution is -0.00374. The molecule has 3 rings (SSSR count). The van der Waals surface area contributed by atoms with Crippen molar-refractivity contribution in [3.8, 4) is 0 Å². The predicted octanol–water partition coefficient (Wildman–Crippen LogP) is 1.56. The van der Waals surface area contributed by atoms with Crippen LogP contribution >= 0.6 is 0 Å². The largest absolute Gasteiger partial charge is 0.450 e. The first-order valence-corrected chi connectivity index (χ1v) is 9.91. The van der Waals surface area contributed by atoms with E-state index in [1.54, 1.807) is 7.11 Å². The summed E-state index contributed by atoms with van der Waals surface area (Å²) >= 11 is 0. The van der Waals surface area contributed by atoms with E-state index in [4.69, 9.17) is 9.47 Å². The molecule has 7 nitrogen and oxygen atoms in total. The maximum atomic E-state index is 12.5. The number of carbonyl (C=O) groups excluding carboxylic acids is 1.